The Morgan fingerprint density at radius 2 is 2.00 bits per heavy atom. The Balaban J connectivity index is 1.52. The molecule has 0 unspecified atom stereocenters. The molecule has 0 saturated heterocycles. The number of alkyl carbamates (subject to hydrolysis) is 1. The number of aromatic hydroxyl groups is 1. The molecule has 2 rings (SSSR count). The third kappa shape index (κ3) is 6.93. The van der Waals surface area contributed by atoms with Crippen LogP contribution in [0.2, 0.25) is 0 Å². The molecule has 0 aliphatic heterocycles. The first-order valence-corrected chi connectivity index (χ1v) is 9.31. The second-order valence-electron chi connectivity index (χ2n) is 6.31. The normalized spacial score (nSPS) is 11.0. The van der Waals surface area contributed by atoms with E-state index < -0.39 is 0 Å². The molecule has 6 N–H and O–H groups in total. The molecule has 1 aromatic carbocycles. The Morgan fingerprint density at radius 1 is 1.15 bits per heavy atom. The SMILES string of the molecule is NCCCCNCCCNC(=O)OCCCc1c[nH]c2ccc(O)cc12. The average molecular weight is 362 g/mol. The summed E-state index contributed by atoms with van der Waals surface area (Å²) in [5.41, 5.74) is 7.54. The molecule has 1 heterocycles. The van der Waals surface area contributed by atoms with Crippen molar-refractivity contribution >= 4 is 17.0 Å². The maximum atomic E-state index is 11.6. The molecule has 1 aromatic heterocycles. The summed E-state index contributed by atoms with van der Waals surface area (Å²) in [7, 11) is 0. The molecular weight excluding hydrogens is 332 g/mol. The maximum absolute atomic E-state index is 11.6. The summed E-state index contributed by atoms with van der Waals surface area (Å²) in [4.78, 5) is 14.8. The van der Waals surface area contributed by atoms with Gasteiger partial charge in [0.05, 0.1) is 6.61 Å². The van der Waals surface area contributed by atoms with Crippen LogP contribution in [0.15, 0.2) is 24.4 Å². The predicted molar refractivity (Wildman–Crippen MR) is 103 cm³/mol. The molecule has 0 radical (unpaired) electrons. The van der Waals surface area contributed by atoms with E-state index in [1.165, 1.54) is 0 Å². The Morgan fingerprint density at radius 3 is 2.85 bits per heavy atom. The van der Waals surface area contributed by atoms with E-state index in [-0.39, 0.29) is 11.8 Å². The van der Waals surface area contributed by atoms with Crippen LogP contribution in [0, 0.1) is 0 Å². The van der Waals surface area contributed by atoms with Crippen LogP contribution in [-0.2, 0) is 11.2 Å². The molecule has 1 amide bonds. The van der Waals surface area contributed by atoms with Gasteiger partial charge in [-0.25, -0.2) is 4.79 Å². The Kier molecular flexibility index (Phi) is 8.78. The minimum Gasteiger partial charge on any atom is -0.508 e. The molecule has 0 atom stereocenters. The first kappa shape index (κ1) is 20.1. The number of fused-ring (bicyclic) bond motifs is 1. The van der Waals surface area contributed by atoms with E-state index in [0.29, 0.717) is 13.2 Å². The van der Waals surface area contributed by atoms with Crippen LogP contribution in [0.3, 0.4) is 0 Å². The number of carbonyl (C=O) groups is 1. The van der Waals surface area contributed by atoms with E-state index in [2.05, 4.69) is 15.6 Å². The number of amides is 1. The van der Waals surface area contributed by atoms with Crippen LogP contribution in [0.25, 0.3) is 10.9 Å². The van der Waals surface area contributed by atoms with Crippen molar-refractivity contribution in [3.63, 3.8) is 0 Å². The van der Waals surface area contributed by atoms with E-state index in [9.17, 15) is 9.90 Å². The van der Waals surface area contributed by atoms with Crippen molar-refractivity contribution in [2.45, 2.75) is 32.1 Å². The fourth-order valence-corrected chi connectivity index (χ4v) is 2.77. The molecule has 0 aliphatic carbocycles. The van der Waals surface area contributed by atoms with Gasteiger partial charge in [-0.3, -0.25) is 0 Å². The summed E-state index contributed by atoms with van der Waals surface area (Å²) in [6.45, 7) is 3.54. The summed E-state index contributed by atoms with van der Waals surface area (Å²) >= 11 is 0. The lowest BCUT2D eigenvalue weighted by Gasteiger charge is -2.07. The van der Waals surface area contributed by atoms with Crippen molar-refractivity contribution in [1.82, 2.24) is 15.6 Å². The fraction of sp³-hybridized carbons (Fsp3) is 0.526. The number of aromatic amines is 1. The average Bonchev–Trinajstić information content (AvgIpc) is 3.03. The number of nitrogens with one attached hydrogen (secondary N) is 3. The van der Waals surface area contributed by atoms with Gasteiger partial charge < -0.3 is 31.2 Å². The number of benzene rings is 1. The number of ether oxygens (including phenoxy) is 1. The van der Waals surface area contributed by atoms with Gasteiger partial charge in [0, 0.05) is 23.6 Å². The molecule has 7 heteroatoms. The van der Waals surface area contributed by atoms with E-state index in [0.717, 1.165) is 68.2 Å². The van der Waals surface area contributed by atoms with Crippen molar-refractivity contribution in [3.05, 3.63) is 30.0 Å². The lowest BCUT2D eigenvalue weighted by atomic mass is 10.1. The van der Waals surface area contributed by atoms with E-state index in [1.54, 1.807) is 12.1 Å². The topological polar surface area (TPSA) is 112 Å². The van der Waals surface area contributed by atoms with E-state index >= 15 is 0 Å². The molecule has 26 heavy (non-hydrogen) atoms. The second-order valence-corrected chi connectivity index (χ2v) is 6.31. The smallest absolute Gasteiger partial charge is 0.407 e. The number of nitrogens with two attached hydrogens (primary N) is 1. The maximum Gasteiger partial charge on any atom is 0.407 e. The highest BCUT2D eigenvalue weighted by Crippen LogP contribution is 2.23. The van der Waals surface area contributed by atoms with Gasteiger partial charge in [0.1, 0.15) is 5.75 Å². The number of carbonyl (C=O) groups excluding carboxylic acids is 1. The minimum absolute atomic E-state index is 0.253. The summed E-state index contributed by atoms with van der Waals surface area (Å²) in [6, 6.07) is 5.26. The number of phenolic OH excluding ortho intramolecular Hbond substituents is 1. The molecule has 0 aliphatic rings. The van der Waals surface area contributed by atoms with Crippen LogP contribution < -0.4 is 16.4 Å². The van der Waals surface area contributed by atoms with Gasteiger partial charge in [0.25, 0.3) is 0 Å². The molecule has 0 saturated carbocycles. The van der Waals surface area contributed by atoms with Crippen molar-refractivity contribution in [3.8, 4) is 5.75 Å². The van der Waals surface area contributed by atoms with E-state index in [4.69, 9.17) is 10.5 Å². The molecule has 2 aromatic rings. The molecule has 0 bridgehead atoms. The van der Waals surface area contributed by atoms with Gasteiger partial charge in [0.15, 0.2) is 0 Å². The first-order valence-electron chi connectivity index (χ1n) is 9.31. The number of H-pyrrole nitrogens is 1. The lowest BCUT2D eigenvalue weighted by Crippen LogP contribution is -2.28. The summed E-state index contributed by atoms with van der Waals surface area (Å²) < 4.78 is 5.19. The van der Waals surface area contributed by atoms with Gasteiger partial charge in [-0.2, -0.15) is 0 Å². The number of aromatic nitrogens is 1. The highest BCUT2D eigenvalue weighted by molar-refractivity contribution is 5.84. The lowest BCUT2D eigenvalue weighted by molar-refractivity contribution is 0.145. The minimum atomic E-state index is -0.371. The van der Waals surface area contributed by atoms with E-state index in [1.807, 2.05) is 12.3 Å². The monoisotopic (exact) mass is 362 g/mol. The summed E-state index contributed by atoms with van der Waals surface area (Å²) in [6.07, 6.45) is 6.08. The van der Waals surface area contributed by atoms with Gasteiger partial charge in [0.2, 0.25) is 0 Å². The van der Waals surface area contributed by atoms with Crippen molar-refractivity contribution < 1.29 is 14.6 Å². The molecular formula is C19H30N4O3. The predicted octanol–water partition coefficient (Wildman–Crippen LogP) is 2.25. The zero-order chi connectivity index (χ0) is 18.6. The van der Waals surface area contributed by atoms with Crippen molar-refractivity contribution in [2.75, 3.05) is 32.8 Å². The van der Waals surface area contributed by atoms with Gasteiger partial charge >= 0.3 is 6.09 Å². The standard InChI is InChI=1S/C19H30N4O3/c20-8-1-2-9-21-10-4-11-22-19(25)26-12-3-5-15-14-23-18-7-6-16(24)13-17(15)18/h6-7,13-14,21,23-24H,1-5,8-12,20H2,(H,22,25). The number of aryl methyl sites for hydroxylation is 1. The second kappa shape index (κ2) is 11.4. The highest BCUT2D eigenvalue weighted by Gasteiger charge is 2.06. The number of unbranched alkanes of at least 4 members (excludes halogenated alkanes) is 1. The van der Waals surface area contributed by atoms with Crippen LogP contribution in [0.4, 0.5) is 4.79 Å². The van der Waals surface area contributed by atoms with Crippen LogP contribution in [0.1, 0.15) is 31.2 Å². The summed E-state index contributed by atoms with van der Waals surface area (Å²) in [5.74, 6) is 0.253. The Labute approximate surface area is 154 Å². The Bertz CT molecular complexity index is 672. The highest BCUT2D eigenvalue weighted by atomic mass is 16.5. The molecule has 144 valence electrons. The van der Waals surface area contributed by atoms with Crippen molar-refractivity contribution in [2.24, 2.45) is 5.73 Å². The fourth-order valence-electron chi connectivity index (χ4n) is 2.77. The third-order valence-electron chi connectivity index (χ3n) is 4.18. The molecule has 0 fully saturated rings. The van der Waals surface area contributed by atoms with Gasteiger partial charge in [-0.1, -0.05) is 0 Å². The number of hydrogen-bond donors (Lipinski definition) is 5. The largest absolute Gasteiger partial charge is 0.508 e. The summed E-state index contributed by atoms with van der Waals surface area (Å²) in [5, 5.41) is 16.7. The van der Waals surface area contributed by atoms with Crippen LogP contribution in [-0.4, -0.2) is 49.0 Å². The molecule has 0 spiro atoms. The number of hydrogen-bond acceptors (Lipinski definition) is 5. The first-order chi connectivity index (χ1) is 12.7. The zero-order valence-electron chi connectivity index (χ0n) is 15.2. The third-order valence-corrected chi connectivity index (χ3v) is 4.18. The zero-order valence-corrected chi connectivity index (χ0v) is 15.2. The number of rotatable bonds is 12. The van der Waals surface area contributed by atoms with Gasteiger partial charge in [-0.05, 0) is 75.5 Å². The van der Waals surface area contributed by atoms with Crippen LogP contribution >= 0.6 is 0 Å². The molecule has 7 nitrogen and oxygen atoms in total. The van der Waals surface area contributed by atoms with Crippen LogP contribution in [0.5, 0.6) is 5.75 Å². The Hall–Kier alpha value is -2.25. The van der Waals surface area contributed by atoms with Crippen molar-refractivity contribution in [1.29, 1.82) is 0 Å². The quantitative estimate of drug-likeness (QED) is 0.372. The number of phenols is 1. The van der Waals surface area contributed by atoms with Gasteiger partial charge in [-0.15, -0.1) is 0 Å².